The van der Waals surface area contributed by atoms with Gasteiger partial charge in [0.25, 0.3) is 0 Å². The second-order valence-electron chi connectivity index (χ2n) is 11.9. The second-order valence-corrected chi connectivity index (χ2v) is 11.9. The zero-order chi connectivity index (χ0) is 25.0. The largest absolute Gasteiger partial charge is 0.507 e. The molecule has 1 aliphatic rings. The summed E-state index contributed by atoms with van der Waals surface area (Å²) in [5, 5.41) is 12.8. The first-order chi connectivity index (χ1) is 16.5. The Bertz CT molecular complexity index is 1450. The average molecular weight is 461 g/mol. The summed E-state index contributed by atoms with van der Waals surface area (Å²) < 4.78 is 0. The lowest BCUT2D eigenvalue weighted by Gasteiger charge is -2.40. The van der Waals surface area contributed by atoms with E-state index in [0.29, 0.717) is 5.75 Å². The third-order valence-corrected chi connectivity index (χ3v) is 7.43. The molecule has 1 nitrogen and oxygen atoms in total. The lowest BCUT2D eigenvalue weighted by atomic mass is 9.65. The Balaban J connectivity index is 1.75. The molecule has 178 valence electrons. The van der Waals surface area contributed by atoms with Crippen molar-refractivity contribution < 1.29 is 5.11 Å². The van der Waals surface area contributed by atoms with Crippen LogP contribution in [0, 0.1) is 24.7 Å². The maximum atomic E-state index is 10.8. The number of phenols is 1. The predicted molar refractivity (Wildman–Crippen MR) is 151 cm³/mol. The average Bonchev–Trinajstić information content (AvgIpc) is 2.78. The monoisotopic (exact) mass is 460 g/mol. The van der Waals surface area contributed by atoms with Crippen LogP contribution in [0.2, 0.25) is 0 Å². The predicted octanol–water partition coefficient (Wildman–Crippen LogP) is 9.73. The van der Waals surface area contributed by atoms with Gasteiger partial charge in [0.05, 0.1) is 0 Å². The molecule has 0 saturated carbocycles. The van der Waals surface area contributed by atoms with Crippen molar-refractivity contribution in [3.8, 4) is 28.0 Å². The number of allylic oxidation sites excluding steroid dienone is 2. The molecular formula is C34H36O. The number of aryl methyl sites for hydroxylation is 2. The van der Waals surface area contributed by atoms with E-state index in [4.69, 9.17) is 0 Å². The van der Waals surface area contributed by atoms with Gasteiger partial charge in [-0.2, -0.15) is 0 Å². The Kier molecular flexibility index (Phi) is 5.63. The fraction of sp³-hybridized carbons (Fsp3) is 0.294. The minimum Gasteiger partial charge on any atom is -0.507 e. The minimum absolute atomic E-state index is 0.164. The Morgan fingerprint density at radius 2 is 1.37 bits per heavy atom. The first-order valence-corrected chi connectivity index (χ1v) is 12.7. The van der Waals surface area contributed by atoms with Gasteiger partial charge in [-0.25, -0.2) is 0 Å². The third kappa shape index (κ3) is 4.52. The van der Waals surface area contributed by atoms with Gasteiger partial charge in [0.15, 0.2) is 0 Å². The molecule has 0 fully saturated rings. The zero-order valence-corrected chi connectivity index (χ0v) is 21.9. The van der Waals surface area contributed by atoms with Gasteiger partial charge in [-0.3, -0.25) is 0 Å². The molecule has 1 N–H and O–H groups in total. The van der Waals surface area contributed by atoms with Crippen LogP contribution in [0.4, 0.5) is 0 Å². The van der Waals surface area contributed by atoms with Gasteiger partial charge in [0, 0.05) is 5.39 Å². The quantitative estimate of drug-likeness (QED) is 0.322. The highest BCUT2D eigenvalue weighted by Gasteiger charge is 2.34. The highest BCUT2D eigenvalue weighted by Crippen LogP contribution is 2.49. The summed E-state index contributed by atoms with van der Waals surface area (Å²) in [7, 11) is 0. The topological polar surface area (TPSA) is 20.2 Å². The van der Waals surface area contributed by atoms with E-state index in [9.17, 15) is 5.11 Å². The number of hydrogen-bond donors (Lipinski definition) is 1. The first kappa shape index (κ1) is 23.4. The molecule has 0 bridgehead atoms. The van der Waals surface area contributed by atoms with Crippen LogP contribution in [0.3, 0.4) is 0 Å². The van der Waals surface area contributed by atoms with Crippen LogP contribution in [0.5, 0.6) is 5.75 Å². The molecule has 0 atom stereocenters. The van der Waals surface area contributed by atoms with Crippen molar-refractivity contribution in [3.63, 3.8) is 0 Å². The van der Waals surface area contributed by atoms with Gasteiger partial charge in [-0.05, 0) is 100 Å². The fourth-order valence-electron chi connectivity index (χ4n) is 6.32. The van der Waals surface area contributed by atoms with Crippen LogP contribution in [-0.2, 0) is 0 Å². The molecule has 35 heavy (non-hydrogen) atoms. The van der Waals surface area contributed by atoms with E-state index in [1.54, 1.807) is 0 Å². The van der Waals surface area contributed by atoms with Gasteiger partial charge in [0.2, 0.25) is 0 Å². The van der Waals surface area contributed by atoms with E-state index in [1.807, 2.05) is 6.07 Å². The van der Waals surface area contributed by atoms with Gasteiger partial charge < -0.3 is 5.11 Å². The molecule has 0 saturated heterocycles. The molecule has 0 aromatic heterocycles. The Morgan fingerprint density at radius 3 is 2.06 bits per heavy atom. The number of phenolic OH excluding ortho intramolecular Hbond substituents is 1. The third-order valence-electron chi connectivity index (χ3n) is 7.43. The first-order valence-electron chi connectivity index (χ1n) is 12.7. The van der Waals surface area contributed by atoms with Gasteiger partial charge in [-0.15, -0.1) is 0 Å². The summed E-state index contributed by atoms with van der Waals surface area (Å²) in [6.07, 6.45) is 4.74. The molecule has 0 heterocycles. The minimum atomic E-state index is 0.164. The van der Waals surface area contributed by atoms with Crippen LogP contribution in [0.1, 0.15) is 57.2 Å². The summed E-state index contributed by atoms with van der Waals surface area (Å²) >= 11 is 0. The molecule has 0 amide bonds. The smallest absolute Gasteiger partial charge is 0.123 e. The maximum Gasteiger partial charge on any atom is 0.123 e. The zero-order valence-electron chi connectivity index (χ0n) is 21.9. The van der Waals surface area contributed by atoms with Crippen molar-refractivity contribution in [1.29, 1.82) is 0 Å². The van der Waals surface area contributed by atoms with Crippen LogP contribution in [0.25, 0.3) is 38.6 Å². The molecule has 0 aliphatic heterocycles. The van der Waals surface area contributed by atoms with E-state index < -0.39 is 0 Å². The summed E-state index contributed by atoms with van der Waals surface area (Å²) in [6, 6.07) is 25.8. The SMILES string of the molecule is Cc1ccc(-c2cc3c(-c4ccccc4C4=CC(C)(C)CC(C)(C)C4)ccc(O)c3cc2C)cc1. The number of hydrogen-bond acceptors (Lipinski definition) is 1. The maximum absolute atomic E-state index is 10.8. The second kappa shape index (κ2) is 8.41. The van der Waals surface area contributed by atoms with E-state index in [0.717, 1.165) is 17.2 Å². The summed E-state index contributed by atoms with van der Waals surface area (Å²) in [4.78, 5) is 0. The highest BCUT2D eigenvalue weighted by molar-refractivity contribution is 6.04. The van der Waals surface area contributed by atoms with E-state index in [1.165, 1.54) is 50.9 Å². The van der Waals surface area contributed by atoms with Crippen molar-refractivity contribution in [1.82, 2.24) is 0 Å². The van der Waals surface area contributed by atoms with Gasteiger partial charge >= 0.3 is 0 Å². The number of aromatic hydroxyl groups is 1. The summed E-state index contributed by atoms with van der Waals surface area (Å²) in [5.74, 6) is 0.332. The van der Waals surface area contributed by atoms with Crippen LogP contribution >= 0.6 is 0 Å². The van der Waals surface area contributed by atoms with Crippen LogP contribution in [-0.4, -0.2) is 5.11 Å². The lowest BCUT2D eigenvalue weighted by Crippen LogP contribution is -2.26. The highest BCUT2D eigenvalue weighted by atomic mass is 16.3. The summed E-state index contributed by atoms with van der Waals surface area (Å²) in [6.45, 7) is 13.7. The van der Waals surface area contributed by atoms with Crippen molar-refractivity contribution >= 4 is 16.3 Å². The molecule has 0 unspecified atom stereocenters. The summed E-state index contributed by atoms with van der Waals surface area (Å²) in [5.41, 5.74) is 10.4. The molecule has 1 heteroatoms. The number of fused-ring (bicyclic) bond motifs is 1. The number of benzene rings is 4. The van der Waals surface area contributed by atoms with Crippen molar-refractivity contribution in [2.75, 3.05) is 0 Å². The van der Waals surface area contributed by atoms with Crippen molar-refractivity contribution in [2.24, 2.45) is 10.8 Å². The Morgan fingerprint density at radius 1 is 0.686 bits per heavy atom. The molecule has 5 rings (SSSR count). The molecule has 1 aliphatic carbocycles. The van der Waals surface area contributed by atoms with E-state index >= 15 is 0 Å². The normalized spacial score (nSPS) is 16.8. The van der Waals surface area contributed by atoms with Crippen molar-refractivity contribution in [2.45, 2.75) is 54.4 Å². The van der Waals surface area contributed by atoms with Gasteiger partial charge in [0.1, 0.15) is 5.75 Å². The molecule has 4 aromatic carbocycles. The standard InChI is InChI=1S/C34H36O/c1-22-11-13-24(14-12-22)29-18-30-28(15-16-32(35)31(30)17-23(29)2)27-10-8-7-9-26(27)25-19-33(3,4)21-34(5,6)20-25/h7-19,35H,20-21H2,1-6H3. The fourth-order valence-corrected chi connectivity index (χ4v) is 6.32. The Hall–Kier alpha value is -3.32. The molecule has 4 aromatic rings. The van der Waals surface area contributed by atoms with E-state index in [-0.39, 0.29) is 10.8 Å². The van der Waals surface area contributed by atoms with Crippen molar-refractivity contribution in [3.05, 3.63) is 95.6 Å². The van der Waals surface area contributed by atoms with Gasteiger partial charge in [-0.1, -0.05) is 93.9 Å². The molecule has 0 spiro atoms. The van der Waals surface area contributed by atoms with Crippen LogP contribution < -0.4 is 0 Å². The van der Waals surface area contributed by atoms with E-state index in [2.05, 4.69) is 114 Å². The Labute approximate surface area is 210 Å². The van der Waals surface area contributed by atoms with Crippen LogP contribution in [0.15, 0.2) is 78.9 Å². The number of rotatable bonds is 3. The molecular weight excluding hydrogens is 424 g/mol. The molecule has 0 radical (unpaired) electrons. The lowest BCUT2D eigenvalue weighted by molar-refractivity contribution is 0.229.